The quantitative estimate of drug-likeness (QED) is 0.924. The molecule has 84 valence electrons. The number of amides is 1. The van der Waals surface area contributed by atoms with Gasteiger partial charge in [-0.25, -0.2) is 0 Å². The predicted molar refractivity (Wildman–Crippen MR) is 66.9 cm³/mol. The second-order valence-corrected chi connectivity index (χ2v) is 4.51. The van der Waals surface area contributed by atoms with Crippen molar-refractivity contribution in [3.63, 3.8) is 0 Å². The molecule has 1 atom stereocenters. The highest BCUT2D eigenvalue weighted by atomic mass is 79.9. The van der Waals surface area contributed by atoms with Crippen LogP contribution < -0.4 is 5.32 Å². The van der Waals surface area contributed by atoms with Gasteiger partial charge in [-0.05, 0) is 37.1 Å². The minimum atomic E-state index is -0.584. The molecule has 0 aliphatic carbocycles. The Bertz CT molecular complexity index is 417. The molecule has 1 aromatic carbocycles. The van der Waals surface area contributed by atoms with Gasteiger partial charge in [-0.1, -0.05) is 22.9 Å². The molecule has 0 fully saturated rings. The monoisotopic (exact) mass is 280 g/mol. The number of carbonyl (C=O) groups excluding carboxylic acids is 1. The lowest BCUT2D eigenvalue weighted by molar-refractivity contribution is -0.118. The smallest absolute Gasteiger partial charge is 0.241 e. The first kappa shape index (κ1) is 12.7. The van der Waals surface area contributed by atoms with Crippen molar-refractivity contribution >= 4 is 27.5 Å². The predicted octanol–water partition coefficient (Wildman–Crippen LogP) is 3.25. The lowest BCUT2D eigenvalue weighted by Gasteiger charge is -2.09. The van der Waals surface area contributed by atoms with E-state index in [0.29, 0.717) is 12.1 Å². The standard InChI is InChI=1S/C12H13BrN2O/c1-3-9(7-14)12(16)15-11-5-8(2)4-10(13)6-11/h4-6,9H,3H2,1-2H3,(H,15,16). The average molecular weight is 281 g/mol. The van der Waals surface area contributed by atoms with Crippen LogP contribution in [0.15, 0.2) is 22.7 Å². The van der Waals surface area contributed by atoms with E-state index in [-0.39, 0.29) is 5.91 Å². The topological polar surface area (TPSA) is 52.9 Å². The van der Waals surface area contributed by atoms with Gasteiger partial charge in [-0.3, -0.25) is 4.79 Å². The van der Waals surface area contributed by atoms with Crippen LogP contribution >= 0.6 is 15.9 Å². The molecule has 0 radical (unpaired) electrons. The van der Waals surface area contributed by atoms with Crippen molar-refractivity contribution in [1.29, 1.82) is 5.26 Å². The van der Waals surface area contributed by atoms with Crippen LogP contribution in [0.4, 0.5) is 5.69 Å². The molecule has 1 unspecified atom stereocenters. The first-order chi connectivity index (χ1) is 7.56. The van der Waals surface area contributed by atoms with Gasteiger partial charge in [0.15, 0.2) is 0 Å². The first-order valence-electron chi connectivity index (χ1n) is 5.04. The zero-order valence-electron chi connectivity index (χ0n) is 9.25. The largest absolute Gasteiger partial charge is 0.325 e. The van der Waals surface area contributed by atoms with E-state index in [4.69, 9.17) is 5.26 Å². The molecule has 0 saturated heterocycles. The summed E-state index contributed by atoms with van der Waals surface area (Å²) in [4.78, 5) is 11.6. The molecule has 1 rings (SSSR count). The number of nitriles is 1. The van der Waals surface area contributed by atoms with Crippen molar-refractivity contribution in [3.05, 3.63) is 28.2 Å². The average Bonchev–Trinajstić information content (AvgIpc) is 2.17. The van der Waals surface area contributed by atoms with Crippen molar-refractivity contribution < 1.29 is 4.79 Å². The Hall–Kier alpha value is -1.34. The van der Waals surface area contributed by atoms with Gasteiger partial charge in [0.1, 0.15) is 5.92 Å². The van der Waals surface area contributed by atoms with Gasteiger partial charge in [-0.15, -0.1) is 0 Å². The summed E-state index contributed by atoms with van der Waals surface area (Å²) in [5, 5.41) is 11.5. The van der Waals surface area contributed by atoms with Crippen LogP contribution in [0.2, 0.25) is 0 Å². The maximum absolute atomic E-state index is 11.6. The summed E-state index contributed by atoms with van der Waals surface area (Å²) < 4.78 is 0.910. The van der Waals surface area contributed by atoms with E-state index in [1.54, 1.807) is 0 Å². The highest BCUT2D eigenvalue weighted by molar-refractivity contribution is 9.10. The van der Waals surface area contributed by atoms with E-state index in [0.717, 1.165) is 10.0 Å². The zero-order chi connectivity index (χ0) is 12.1. The Morgan fingerprint density at radius 2 is 2.25 bits per heavy atom. The summed E-state index contributed by atoms with van der Waals surface area (Å²) >= 11 is 3.36. The minimum Gasteiger partial charge on any atom is -0.325 e. The number of hydrogen-bond donors (Lipinski definition) is 1. The number of nitrogens with zero attached hydrogens (tertiary/aromatic N) is 1. The van der Waals surface area contributed by atoms with Gasteiger partial charge >= 0.3 is 0 Å². The van der Waals surface area contributed by atoms with E-state index in [2.05, 4.69) is 21.2 Å². The van der Waals surface area contributed by atoms with E-state index < -0.39 is 5.92 Å². The molecule has 0 aliphatic rings. The van der Waals surface area contributed by atoms with Crippen molar-refractivity contribution in [2.75, 3.05) is 5.32 Å². The Labute approximate surface area is 104 Å². The molecule has 1 aromatic rings. The van der Waals surface area contributed by atoms with Crippen molar-refractivity contribution in [2.45, 2.75) is 20.3 Å². The van der Waals surface area contributed by atoms with E-state index in [1.807, 2.05) is 38.1 Å². The summed E-state index contributed by atoms with van der Waals surface area (Å²) in [5.41, 5.74) is 1.76. The molecule has 0 heterocycles. The van der Waals surface area contributed by atoms with Crippen LogP contribution in [0.5, 0.6) is 0 Å². The molecule has 1 N–H and O–H groups in total. The van der Waals surface area contributed by atoms with Crippen LogP contribution in [-0.2, 0) is 4.79 Å². The molecule has 4 heteroatoms. The van der Waals surface area contributed by atoms with E-state index >= 15 is 0 Å². The van der Waals surface area contributed by atoms with E-state index in [1.165, 1.54) is 0 Å². The van der Waals surface area contributed by atoms with Gasteiger partial charge in [0.05, 0.1) is 6.07 Å². The summed E-state index contributed by atoms with van der Waals surface area (Å²) in [5.74, 6) is -0.832. The number of hydrogen-bond acceptors (Lipinski definition) is 2. The number of aryl methyl sites for hydroxylation is 1. The Morgan fingerprint density at radius 1 is 1.56 bits per heavy atom. The normalized spacial score (nSPS) is 11.6. The fourth-order valence-electron chi connectivity index (χ4n) is 1.37. The highest BCUT2D eigenvalue weighted by Gasteiger charge is 2.15. The number of benzene rings is 1. The molecule has 16 heavy (non-hydrogen) atoms. The molecular formula is C12H13BrN2O. The summed E-state index contributed by atoms with van der Waals surface area (Å²) in [6, 6.07) is 7.62. The molecule has 0 bridgehead atoms. The third kappa shape index (κ3) is 3.35. The molecular weight excluding hydrogens is 268 g/mol. The highest BCUT2D eigenvalue weighted by Crippen LogP contribution is 2.19. The number of halogens is 1. The van der Waals surface area contributed by atoms with Gasteiger partial charge in [0.2, 0.25) is 5.91 Å². The summed E-state index contributed by atoms with van der Waals surface area (Å²) in [6.45, 7) is 3.77. The van der Waals surface area contributed by atoms with Gasteiger partial charge in [-0.2, -0.15) is 5.26 Å². The summed E-state index contributed by atoms with van der Waals surface area (Å²) in [6.07, 6.45) is 0.523. The Kier molecular flexibility index (Phi) is 4.51. The lowest BCUT2D eigenvalue weighted by Crippen LogP contribution is -2.20. The Morgan fingerprint density at radius 3 is 2.75 bits per heavy atom. The molecule has 0 aliphatic heterocycles. The van der Waals surface area contributed by atoms with Crippen molar-refractivity contribution in [1.82, 2.24) is 0 Å². The minimum absolute atomic E-state index is 0.248. The number of anilines is 1. The maximum Gasteiger partial charge on any atom is 0.241 e. The van der Waals surface area contributed by atoms with Crippen LogP contribution in [0.25, 0.3) is 0 Å². The van der Waals surface area contributed by atoms with Crippen molar-refractivity contribution in [2.24, 2.45) is 5.92 Å². The number of carbonyl (C=O) groups is 1. The second kappa shape index (κ2) is 5.66. The third-order valence-electron chi connectivity index (χ3n) is 2.19. The van der Waals surface area contributed by atoms with Crippen molar-refractivity contribution in [3.8, 4) is 6.07 Å². The zero-order valence-corrected chi connectivity index (χ0v) is 10.8. The molecule has 0 saturated carbocycles. The second-order valence-electron chi connectivity index (χ2n) is 3.60. The van der Waals surface area contributed by atoms with Gasteiger partial charge in [0, 0.05) is 10.2 Å². The lowest BCUT2D eigenvalue weighted by atomic mass is 10.1. The molecule has 0 spiro atoms. The van der Waals surface area contributed by atoms with Crippen LogP contribution in [-0.4, -0.2) is 5.91 Å². The van der Waals surface area contributed by atoms with E-state index in [9.17, 15) is 4.79 Å². The fourth-order valence-corrected chi connectivity index (χ4v) is 1.98. The summed E-state index contributed by atoms with van der Waals surface area (Å²) in [7, 11) is 0. The first-order valence-corrected chi connectivity index (χ1v) is 5.83. The molecule has 0 aromatic heterocycles. The van der Waals surface area contributed by atoms with Crippen LogP contribution in [0.3, 0.4) is 0 Å². The maximum atomic E-state index is 11.6. The SMILES string of the molecule is CCC(C#N)C(=O)Nc1cc(C)cc(Br)c1. The molecule has 1 amide bonds. The van der Waals surface area contributed by atoms with Crippen LogP contribution in [0.1, 0.15) is 18.9 Å². The van der Waals surface area contributed by atoms with Gasteiger partial charge < -0.3 is 5.32 Å². The van der Waals surface area contributed by atoms with Crippen LogP contribution in [0, 0.1) is 24.2 Å². The molecule has 3 nitrogen and oxygen atoms in total. The Balaban J connectivity index is 2.81. The number of rotatable bonds is 3. The van der Waals surface area contributed by atoms with Gasteiger partial charge in [0.25, 0.3) is 0 Å². The number of nitrogens with one attached hydrogen (secondary N) is 1. The third-order valence-corrected chi connectivity index (χ3v) is 2.65. The fraction of sp³-hybridized carbons (Fsp3) is 0.333.